The Morgan fingerprint density at radius 1 is 1.21 bits per heavy atom. The molecule has 8 heteroatoms. The minimum Gasteiger partial charge on any atom is -0.492 e. The molecule has 1 aliphatic heterocycles. The summed E-state index contributed by atoms with van der Waals surface area (Å²) in [6.07, 6.45) is -1.63. The van der Waals surface area contributed by atoms with Gasteiger partial charge in [0.05, 0.1) is 17.7 Å². The first kappa shape index (κ1) is 24.5. The molecule has 0 radical (unpaired) electrons. The molecule has 0 bridgehead atoms. The summed E-state index contributed by atoms with van der Waals surface area (Å²) in [6.45, 7) is 6.96. The fourth-order valence-electron chi connectivity index (χ4n) is 4.10. The lowest BCUT2D eigenvalue weighted by Gasteiger charge is -2.38. The lowest BCUT2D eigenvalue weighted by molar-refractivity contribution is -0.155. The number of hydrogen-bond donors (Lipinski definition) is 5. The molecular formula is C25H33N3O5. The Morgan fingerprint density at radius 2 is 1.88 bits per heavy atom. The Labute approximate surface area is 193 Å². The third kappa shape index (κ3) is 5.83. The van der Waals surface area contributed by atoms with Crippen LogP contribution < -0.4 is 11.1 Å². The minimum absolute atomic E-state index is 0.196. The molecule has 33 heavy (non-hydrogen) atoms. The average molecular weight is 456 g/mol. The third-order valence-electron chi connectivity index (χ3n) is 6.14. The van der Waals surface area contributed by atoms with Crippen molar-refractivity contribution in [3.8, 4) is 0 Å². The van der Waals surface area contributed by atoms with Gasteiger partial charge in [-0.2, -0.15) is 0 Å². The molecular weight excluding hydrogens is 422 g/mol. The standard InChI is InChI=1S/C25H33N3O5/c1-13-5-6-19-11-17(7-8-18(19)9-13)15(3)24(31)32-12-21(29)22(30)23-16(4)20(28-25(26)27)10-14(2)33-23/h5-11,15-16,20-23,29-30H,12H2,1-4H3,(H4,26,27,28)/t15-,16+,20-,21+,22+,23+/m0/s1. The molecule has 1 aliphatic rings. The maximum atomic E-state index is 12.6. The molecule has 6 atom stereocenters. The summed E-state index contributed by atoms with van der Waals surface area (Å²) < 4.78 is 11.1. The van der Waals surface area contributed by atoms with Crippen LogP contribution in [-0.4, -0.2) is 53.1 Å². The maximum Gasteiger partial charge on any atom is 0.313 e. The molecule has 3 rings (SSSR count). The predicted molar refractivity (Wildman–Crippen MR) is 127 cm³/mol. The number of guanidine groups is 1. The van der Waals surface area contributed by atoms with Gasteiger partial charge in [0.15, 0.2) is 5.96 Å². The first-order valence-corrected chi connectivity index (χ1v) is 11.1. The largest absolute Gasteiger partial charge is 0.492 e. The Kier molecular flexibility index (Phi) is 7.61. The smallest absolute Gasteiger partial charge is 0.313 e. The van der Waals surface area contributed by atoms with Gasteiger partial charge in [0.2, 0.25) is 0 Å². The van der Waals surface area contributed by atoms with E-state index in [1.165, 1.54) is 5.56 Å². The van der Waals surface area contributed by atoms with E-state index in [1.54, 1.807) is 19.9 Å². The second kappa shape index (κ2) is 10.2. The van der Waals surface area contributed by atoms with Gasteiger partial charge < -0.3 is 30.7 Å². The summed E-state index contributed by atoms with van der Waals surface area (Å²) in [6, 6.07) is 11.6. The highest BCUT2D eigenvalue weighted by atomic mass is 16.5. The zero-order valence-corrected chi connectivity index (χ0v) is 19.4. The highest BCUT2D eigenvalue weighted by Gasteiger charge is 2.39. The van der Waals surface area contributed by atoms with Crippen LogP contribution in [0.4, 0.5) is 0 Å². The molecule has 0 saturated heterocycles. The SMILES string of the molecule is CC1=C[C@H](NC(=N)N)[C@@H](C)[C@H]([C@H](O)[C@H](O)COC(=O)[C@@H](C)c2ccc3cc(C)ccc3c2)O1. The van der Waals surface area contributed by atoms with Crippen LogP contribution in [0.15, 0.2) is 48.2 Å². The second-order valence-corrected chi connectivity index (χ2v) is 8.82. The maximum absolute atomic E-state index is 12.6. The number of hydrogen-bond acceptors (Lipinski definition) is 6. The van der Waals surface area contributed by atoms with Crippen molar-refractivity contribution in [2.75, 3.05) is 6.61 Å². The molecule has 2 aromatic rings. The third-order valence-corrected chi connectivity index (χ3v) is 6.14. The second-order valence-electron chi connectivity index (χ2n) is 8.82. The highest BCUT2D eigenvalue weighted by molar-refractivity contribution is 5.86. The van der Waals surface area contributed by atoms with E-state index >= 15 is 0 Å². The molecule has 0 aliphatic carbocycles. The molecule has 0 spiro atoms. The van der Waals surface area contributed by atoms with Crippen LogP contribution in [0.5, 0.6) is 0 Å². The number of nitrogens with one attached hydrogen (secondary N) is 2. The number of carbonyl (C=O) groups excluding carboxylic acids is 1. The monoisotopic (exact) mass is 455 g/mol. The Bertz CT molecular complexity index is 1050. The Balaban J connectivity index is 1.60. The Hall–Kier alpha value is -3.10. The van der Waals surface area contributed by atoms with Crippen LogP contribution in [-0.2, 0) is 14.3 Å². The summed E-state index contributed by atoms with van der Waals surface area (Å²) in [5, 5.41) is 33.6. The molecule has 0 amide bonds. The number of nitrogens with two attached hydrogens (primary N) is 1. The Morgan fingerprint density at radius 3 is 2.58 bits per heavy atom. The number of benzene rings is 2. The van der Waals surface area contributed by atoms with Crippen molar-refractivity contribution in [3.63, 3.8) is 0 Å². The van der Waals surface area contributed by atoms with Crippen molar-refractivity contribution in [2.45, 2.75) is 58.0 Å². The number of allylic oxidation sites excluding steroid dienone is 1. The summed E-state index contributed by atoms with van der Waals surface area (Å²) >= 11 is 0. The summed E-state index contributed by atoms with van der Waals surface area (Å²) in [7, 11) is 0. The van der Waals surface area contributed by atoms with Crippen LogP contribution in [0.25, 0.3) is 10.8 Å². The molecule has 2 aromatic carbocycles. The van der Waals surface area contributed by atoms with Crippen molar-refractivity contribution >= 4 is 22.7 Å². The molecule has 0 unspecified atom stereocenters. The van der Waals surface area contributed by atoms with E-state index in [9.17, 15) is 15.0 Å². The van der Waals surface area contributed by atoms with E-state index in [2.05, 4.69) is 11.4 Å². The van der Waals surface area contributed by atoms with Gasteiger partial charge >= 0.3 is 5.97 Å². The normalized spacial score (nSPS) is 23.1. The van der Waals surface area contributed by atoms with E-state index in [-0.39, 0.29) is 24.5 Å². The number of ether oxygens (including phenoxy) is 2. The molecule has 6 N–H and O–H groups in total. The van der Waals surface area contributed by atoms with Crippen molar-refractivity contribution in [2.24, 2.45) is 11.7 Å². The highest BCUT2D eigenvalue weighted by Crippen LogP contribution is 2.27. The van der Waals surface area contributed by atoms with Gasteiger partial charge in [-0.1, -0.05) is 48.9 Å². The van der Waals surface area contributed by atoms with Crippen molar-refractivity contribution in [1.29, 1.82) is 5.41 Å². The molecule has 0 fully saturated rings. The van der Waals surface area contributed by atoms with Gasteiger partial charge in [-0.3, -0.25) is 10.2 Å². The lowest BCUT2D eigenvalue weighted by Crippen LogP contribution is -2.54. The first-order valence-electron chi connectivity index (χ1n) is 11.1. The fraction of sp³-hybridized carbons (Fsp3) is 0.440. The van der Waals surface area contributed by atoms with Gasteiger partial charge in [0, 0.05) is 5.92 Å². The van der Waals surface area contributed by atoms with Gasteiger partial charge in [0.1, 0.15) is 24.9 Å². The van der Waals surface area contributed by atoms with E-state index in [1.807, 2.05) is 44.2 Å². The summed E-state index contributed by atoms with van der Waals surface area (Å²) in [5.41, 5.74) is 7.42. The minimum atomic E-state index is -1.34. The summed E-state index contributed by atoms with van der Waals surface area (Å²) in [4.78, 5) is 12.6. The van der Waals surface area contributed by atoms with Crippen LogP contribution >= 0.6 is 0 Å². The number of esters is 1. The van der Waals surface area contributed by atoms with E-state index in [4.69, 9.17) is 20.6 Å². The van der Waals surface area contributed by atoms with Crippen LogP contribution in [0.3, 0.4) is 0 Å². The van der Waals surface area contributed by atoms with E-state index < -0.39 is 30.2 Å². The van der Waals surface area contributed by atoms with E-state index in [0.717, 1.165) is 16.3 Å². The number of rotatable bonds is 7. The summed E-state index contributed by atoms with van der Waals surface area (Å²) in [5.74, 6) is -0.964. The van der Waals surface area contributed by atoms with Crippen molar-refractivity contribution < 1.29 is 24.5 Å². The van der Waals surface area contributed by atoms with Crippen molar-refractivity contribution in [3.05, 3.63) is 59.4 Å². The molecule has 178 valence electrons. The zero-order valence-electron chi connectivity index (χ0n) is 19.4. The number of aliphatic hydroxyl groups excluding tert-OH is 2. The first-order chi connectivity index (χ1) is 15.6. The molecule has 8 nitrogen and oxygen atoms in total. The lowest BCUT2D eigenvalue weighted by atomic mass is 9.87. The van der Waals surface area contributed by atoms with Crippen LogP contribution in [0.1, 0.15) is 37.8 Å². The quantitative estimate of drug-likeness (QED) is 0.245. The van der Waals surface area contributed by atoms with E-state index in [0.29, 0.717) is 5.76 Å². The number of aliphatic hydroxyl groups is 2. The number of carbonyl (C=O) groups is 1. The van der Waals surface area contributed by atoms with Crippen molar-refractivity contribution in [1.82, 2.24) is 5.32 Å². The fourth-order valence-corrected chi connectivity index (χ4v) is 4.10. The molecule has 0 aromatic heterocycles. The topological polar surface area (TPSA) is 138 Å². The van der Waals surface area contributed by atoms with Gasteiger partial charge in [0.25, 0.3) is 0 Å². The van der Waals surface area contributed by atoms with Crippen LogP contribution in [0.2, 0.25) is 0 Å². The van der Waals surface area contributed by atoms with Crippen LogP contribution in [0, 0.1) is 18.3 Å². The van der Waals surface area contributed by atoms with Gasteiger partial charge in [-0.15, -0.1) is 0 Å². The number of fused-ring (bicyclic) bond motifs is 1. The number of aryl methyl sites for hydroxylation is 1. The van der Waals surface area contributed by atoms with Gasteiger partial charge in [-0.25, -0.2) is 0 Å². The molecule has 1 heterocycles. The average Bonchev–Trinajstić information content (AvgIpc) is 2.77. The molecule has 0 saturated carbocycles. The zero-order chi connectivity index (χ0) is 24.3. The van der Waals surface area contributed by atoms with Gasteiger partial charge in [-0.05, 0) is 43.2 Å². The predicted octanol–water partition coefficient (Wildman–Crippen LogP) is 2.31.